The van der Waals surface area contributed by atoms with Crippen LogP contribution in [0.5, 0.6) is 0 Å². The summed E-state index contributed by atoms with van der Waals surface area (Å²) in [5.74, 6) is -1.37. The molecule has 0 unspecified atom stereocenters. The van der Waals surface area contributed by atoms with E-state index in [1.165, 1.54) is 12.0 Å². The molecular formula is C21H21NO4. The van der Waals surface area contributed by atoms with E-state index in [1.807, 2.05) is 30.3 Å². The Labute approximate surface area is 152 Å². The first-order chi connectivity index (χ1) is 12.5. The topological polar surface area (TPSA) is 63.7 Å². The quantitative estimate of drug-likeness (QED) is 0.593. The van der Waals surface area contributed by atoms with Crippen molar-refractivity contribution in [3.63, 3.8) is 0 Å². The number of hydrogen-bond acceptors (Lipinski definition) is 4. The molecule has 134 valence electrons. The number of carbonyl (C=O) groups is 3. The second-order valence-corrected chi connectivity index (χ2v) is 6.53. The number of imide groups is 1. The standard InChI is InChI=1S/C21H21NO4/c1-14(21(25)26-2)12-16(13-15-8-4-3-5-9-15)22-19(23)17-10-6-7-11-18(17)20(22)24/h3-11,14,16H,12-13H2,1-2H3/t14-,16+/m0/s1. The Morgan fingerprint density at radius 3 is 2.04 bits per heavy atom. The summed E-state index contributed by atoms with van der Waals surface area (Å²) in [6, 6.07) is 16.1. The van der Waals surface area contributed by atoms with Crippen LogP contribution >= 0.6 is 0 Å². The van der Waals surface area contributed by atoms with Gasteiger partial charge in [-0.25, -0.2) is 0 Å². The van der Waals surface area contributed by atoms with Crippen molar-refractivity contribution in [2.75, 3.05) is 7.11 Å². The number of methoxy groups -OCH3 is 1. The van der Waals surface area contributed by atoms with Gasteiger partial charge in [0.25, 0.3) is 11.8 Å². The second-order valence-electron chi connectivity index (χ2n) is 6.53. The van der Waals surface area contributed by atoms with E-state index in [2.05, 4.69) is 0 Å². The number of amides is 2. The van der Waals surface area contributed by atoms with Gasteiger partial charge in [-0.1, -0.05) is 49.4 Å². The van der Waals surface area contributed by atoms with Gasteiger partial charge < -0.3 is 4.74 Å². The van der Waals surface area contributed by atoms with Crippen molar-refractivity contribution in [3.05, 3.63) is 71.3 Å². The minimum atomic E-state index is -0.418. The van der Waals surface area contributed by atoms with Gasteiger partial charge in [-0.05, 0) is 30.5 Å². The number of nitrogens with zero attached hydrogens (tertiary/aromatic N) is 1. The van der Waals surface area contributed by atoms with Crippen molar-refractivity contribution in [3.8, 4) is 0 Å². The first kappa shape index (κ1) is 17.9. The highest BCUT2D eigenvalue weighted by Crippen LogP contribution is 2.28. The third-order valence-electron chi connectivity index (χ3n) is 4.73. The van der Waals surface area contributed by atoms with Gasteiger partial charge in [-0.3, -0.25) is 19.3 Å². The first-order valence-corrected chi connectivity index (χ1v) is 8.61. The molecule has 26 heavy (non-hydrogen) atoms. The molecule has 0 saturated heterocycles. The van der Waals surface area contributed by atoms with E-state index in [0.29, 0.717) is 24.0 Å². The van der Waals surface area contributed by atoms with E-state index in [-0.39, 0.29) is 17.8 Å². The molecule has 2 atom stereocenters. The predicted octanol–water partition coefficient (Wildman–Crippen LogP) is 3.09. The Morgan fingerprint density at radius 2 is 1.50 bits per heavy atom. The van der Waals surface area contributed by atoms with Crippen molar-refractivity contribution >= 4 is 17.8 Å². The maximum atomic E-state index is 12.8. The molecule has 2 amide bonds. The highest BCUT2D eigenvalue weighted by Gasteiger charge is 2.40. The molecule has 2 aromatic rings. The van der Waals surface area contributed by atoms with Gasteiger partial charge in [0.15, 0.2) is 0 Å². The van der Waals surface area contributed by atoms with Crippen molar-refractivity contribution in [2.24, 2.45) is 5.92 Å². The second kappa shape index (κ2) is 7.52. The van der Waals surface area contributed by atoms with Gasteiger partial charge in [-0.2, -0.15) is 0 Å². The summed E-state index contributed by atoms with van der Waals surface area (Å²) in [7, 11) is 1.34. The van der Waals surface area contributed by atoms with Crippen molar-refractivity contribution < 1.29 is 19.1 Å². The number of esters is 1. The van der Waals surface area contributed by atoms with Gasteiger partial charge in [-0.15, -0.1) is 0 Å². The molecule has 0 fully saturated rings. The van der Waals surface area contributed by atoms with Crippen LogP contribution in [0.2, 0.25) is 0 Å². The van der Waals surface area contributed by atoms with E-state index in [9.17, 15) is 14.4 Å². The van der Waals surface area contributed by atoms with E-state index < -0.39 is 12.0 Å². The highest BCUT2D eigenvalue weighted by molar-refractivity contribution is 6.21. The van der Waals surface area contributed by atoms with E-state index in [4.69, 9.17) is 4.74 Å². The molecule has 0 N–H and O–H groups in total. The van der Waals surface area contributed by atoms with E-state index >= 15 is 0 Å². The van der Waals surface area contributed by atoms with Crippen LogP contribution in [0.1, 0.15) is 39.6 Å². The molecule has 5 heteroatoms. The van der Waals surface area contributed by atoms with Crippen molar-refractivity contribution in [2.45, 2.75) is 25.8 Å². The summed E-state index contributed by atoms with van der Waals surface area (Å²) in [5, 5.41) is 0. The number of ether oxygens (including phenoxy) is 1. The minimum Gasteiger partial charge on any atom is -0.469 e. The Bertz CT molecular complexity index is 796. The maximum absolute atomic E-state index is 12.8. The fourth-order valence-corrected chi connectivity index (χ4v) is 3.41. The molecule has 3 rings (SSSR count). The lowest BCUT2D eigenvalue weighted by Gasteiger charge is -2.28. The average molecular weight is 351 g/mol. The Kier molecular flexibility index (Phi) is 5.16. The monoisotopic (exact) mass is 351 g/mol. The van der Waals surface area contributed by atoms with E-state index in [1.54, 1.807) is 31.2 Å². The SMILES string of the molecule is COC(=O)[C@@H](C)C[C@H](Cc1ccccc1)N1C(=O)c2ccccc2C1=O. The zero-order valence-electron chi connectivity index (χ0n) is 14.8. The third-order valence-corrected chi connectivity index (χ3v) is 4.73. The maximum Gasteiger partial charge on any atom is 0.308 e. The molecular weight excluding hydrogens is 330 g/mol. The van der Waals surface area contributed by atoms with Crippen LogP contribution < -0.4 is 0 Å². The molecule has 1 heterocycles. The normalized spacial score (nSPS) is 15.5. The number of benzene rings is 2. The lowest BCUT2D eigenvalue weighted by molar-refractivity contribution is -0.145. The Hall–Kier alpha value is -2.95. The molecule has 0 aliphatic carbocycles. The number of carbonyl (C=O) groups excluding carboxylic acids is 3. The zero-order chi connectivity index (χ0) is 18.7. The van der Waals surface area contributed by atoms with E-state index in [0.717, 1.165) is 5.56 Å². The first-order valence-electron chi connectivity index (χ1n) is 8.61. The summed E-state index contributed by atoms with van der Waals surface area (Å²) >= 11 is 0. The lowest BCUT2D eigenvalue weighted by Crippen LogP contribution is -2.43. The van der Waals surface area contributed by atoms with Gasteiger partial charge in [0, 0.05) is 6.04 Å². The molecule has 1 aliphatic heterocycles. The number of fused-ring (bicyclic) bond motifs is 1. The Balaban J connectivity index is 1.91. The van der Waals surface area contributed by atoms with Crippen molar-refractivity contribution in [1.82, 2.24) is 4.90 Å². The van der Waals surface area contributed by atoms with Crippen LogP contribution in [0.25, 0.3) is 0 Å². The Morgan fingerprint density at radius 1 is 0.962 bits per heavy atom. The van der Waals surface area contributed by atoms with Gasteiger partial charge in [0.05, 0.1) is 24.2 Å². The summed E-state index contributed by atoms with van der Waals surface area (Å²) in [5.41, 5.74) is 1.84. The summed E-state index contributed by atoms with van der Waals surface area (Å²) < 4.78 is 4.81. The lowest BCUT2D eigenvalue weighted by atomic mass is 9.95. The molecule has 0 saturated carbocycles. The highest BCUT2D eigenvalue weighted by atomic mass is 16.5. The van der Waals surface area contributed by atoms with Gasteiger partial charge in [0.2, 0.25) is 0 Å². The molecule has 0 aromatic heterocycles. The largest absolute Gasteiger partial charge is 0.469 e. The zero-order valence-corrected chi connectivity index (χ0v) is 14.8. The summed E-state index contributed by atoms with van der Waals surface area (Å²) in [6.45, 7) is 1.75. The van der Waals surface area contributed by atoms with Crippen LogP contribution in [-0.4, -0.2) is 35.8 Å². The predicted molar refractivity (Wildman–Crippen MR) is 96.7 cm³/mol. The molecule has 0 bridgehead atoms. The number of rotatable bonds is 6. The van der Waals surface area contributed by atoms with Gasteiger partial charge >= 0.3 is 5.97 Å². The van der Waals surface area contributed by atoms with Crippen LogP contribution in [0.3, 0.4) is 0 Å². The summed E-state index contributed by atoms with van der Waals surface area (Å²) in [4.78, 5) is 38.9. The molecule has 1 aliphatic rings. The van der Waals surface area contributed by atoms with Crippen LogP contribution in [0, 0.1) is 5.92 Å². The van der Waals surface area contributed by atoms with Gasteiger partial charge in [0.1, 0.15) is 0 Å². The third kappa shape index (κ3) is 3.38. The summed E-state index contributed by atoms with van der Waals surface area (Å²) in [6.07, 6.45) is 0.848. The molecule has 2 aromatic carbocycles. The fourth-order valence-electron chi connectivity index (χ4n) is 3.41. The van der Waals surface area contributed by atoms with Crippen molar-refractivity contribution in [1.29, 1.82) is 0 Å². The average Bonchev–Trinajstić information content (AvgIpc) is 2.92. The van der Waals surface area contributed by atoms with Crippen LogP contribution in [-0.2, 0) is 16.0 Å². The smallest absolute Gasteiger partial charge is 0.308 e. The van der Waals surface area contributed by atoms with Crippen LogP contribution in [0.4, 0.5) is 0 Å². The number of hydrogen-bond donors (Lipinski definition) is 0. The molecule has 5 nitrogen and oxygen atoms in total. The fraction of sp³-hybridized carbons (Fsp3) is 0.286. The molecule has 0 radical (unpaired) electrons. The molecule has 0 spiro atoms. The van der Waals surface area contributed by atoms with Crippen LogP contribution in [0.15, 0.2) is 54.6 Å². The minimum absolute atomic E-state index is 0.302.